The van der Waals surface area contributed by atoms with E-state index in [4.69, 9.17) is 15.7 Å². The first-order chi connectivity index (χ1) is 18.1. The van der Waals surface area contributed by atoms with E-state index >= 15 is 0 Å². The van der Waals surface area contributed by atoms with Crippen molar-refractivity contribution in [2.24, 2.45) is 5.73 Å². The first kappa shape index (κ1) is 24.9. The van der Waals surface area contributed by atoms with Crippen LogP contribution in [0.1, 0.15) is 56.6 Å². The SMILES string of the molecule is CCCCCCc1ccc(-n2c(-c3ccc(C#N)c(F)c3)nc3c(N4CCC[C@@H](N)C4)ccnc32)cc1. The summed E-state index contributed by atoms with van der Waals surface area (Å²) < 4.78 is 16.7. The largest absolute Gasteiger partial charge is 0.368 e. The zero-order chi connectivity index (χ0) is 25.8. The molecule has 0 spiro atoms. The van der Waals surface area contributed by atoms with E-state index in [1.54, 1.807) is 12.3 Å². The zero-order valence-corrected chi connectivity index (χ0v) is 21.3. The van der Waals surface area contributed by atoms with Gasteiger partial charge in [-0.2, -0.15) is 5.26 Å². The molecular weight excluding hydrogens is 463 g/mol. The lowest BCUT2D eigenvalue weighted by Crippen LogP contribution is -2.42. The Kier molecular flexibility index (Phi) is 7.47. The van der Waals surface area contributed by atoms with Crippen LogP contribution >= 0.6 is 0 Å². The average molecular weight is 497 g/mol. The summed E-state index contributed by atoms with van der Waals surface area (Å²) in [6.45, 7) is 3.90. The summed E-state index contributed by atoms with van der Waals surface area (Å²) in [7, 11) is 0. The molecule has 1 aliphatic rings. The van der Waals surface area contributed by atoms with E-state index in [0.717, 1.165) is 49.2 Å². The van der Waals surface area contributed by atoms with Crippen LogP contribution in [0.2, 0.25) is 0 Å². The van der Waals surface area contributed by atoms with Crippen molar-refractivity contribution < 1.29 is 4.39 Å². The van der Waals surface area contributed by atoms with E-state index in [1.807, 2.05) is 16.7 Å². The molecule has 0 unspecified atom stereocenters. The molecule has 0 radical (unpaired) electrons. The van der Waals surface area contributed by atoms with Crippen LogP contribution in [0, 0.1) is 17.1 Å². The summed E-state index contributed by atoms with van der Waals surface area (Å²) in [5.74, 6) is 0.0339. The number of hydrogen-bond donors (Lipinski definition) is 1. The second-order valence-electron chi connectivity index (χ2n) is 9.90. The number of aromatic nitrogens is 3. The molecule has 5 rings (SSSR count). The van der Waals surface area contributed by atoms with Gasteiger partial charge in [0.2, 0.25) is 0 Å². The van der Waals surface area contributed by atoms with E-state index < -0.39 is 5.82 Å². The average Bonchev–Trinajstić information content (AvgIpc) is 3.31. The number of anilines is 1. The van der Waals surface area contributed by atoms with E-state index in [1.165, 1.54) is 43.4 Å². The van der Waals surface area contributed by atoms with Crippen molar-refractivity contribution >= 4 is 16.9 Å². The van der Waals surface area contributed by atoms with Crippen LogP contribution in [-0.4, -0.2) is 33.7 Å². The first-order valence-corrected chi connectivity index (χ1v) is 13.3. The quantitative estimate of drug-likeness (QED) is 0.296. The minimum absolute atomic E-state index is 0.0138. The number of nitrogens with zero attached hydrogens (tertiary/aromatic N) is 5. The highest BCUT2D eigenvalue weighted by Crippen LogP contribution is 2.34. The maximum atomic E-state index is 14.7. The number of pyridine rings is 1. The summed E-state index contributed by atoms with van der Waals surface area (Å²) in [6, 6.07) is 17.1. The van der Waals surface area contributed by atoms with Gasteiger partial charge in [0.25, 0.3) is 0 Å². The summed E-state index contributed by atoms with van der Waals surface area (Å²) in [6.07, 6.45) is 9.81. The van der Waals surface area contributed by atoms with Gasteiger partial charge in [-0.3, -0.25) is 4.57 Å². The van der Waals surface area contributed by atoms with Crippen LogP contribution in [0.4, 0.5) is 10.1 Å². The van der Waals surface area contributed by atoms with E-state index in [9.17, 15) is 9.65 Å². The number of imidazole rings is 1. The van der Waals surface area contributed by atoms with Crippen molar-refractivity contribution in [1.29, 1.82) is 5.26 Å². The van der Waals surface area contributed by atoms with Crippen LogP contribution in [0.3, 0.4) is 0 Å². The second kappa shape index (κ2) is 11.1. The van der Waals surface area contributed by atoms with Gasteiger partial charge >= 0.3 is 0 Å². The van der Waals surface area contributed by atoms with Gasteiger partial charge in [-0.1, -0.05) is 38.3 Å². The van der Waals surface area contributed by atoms with Gasteiger partial charge in [-0.25, -0.2) is 14.4 Å². The molecule has 2 aromatic heterocycles. The molecule has 3 heterocycles. The third-order valence-electron chi connectivity index (χ3n) is 7.18. The lowest BCUT2D eigenvalue weighted by molar-refractivity contribution is 0.507. The zero-order valence-electron chi connectivity index (χ0n) is 21.3. The molecular formula is C30H33FN6. The third-order valence-corrected chi connectivity index (χ3v) is 7.18. The van der Waals surface area contributed by atoms with Crippen molar-refractivity contribution in [2.75, 3.05) is 18.0 Å². The molecule has 0 bridgehead atoms. The summed E-state index contributed by atoms with van der Waals surface area (Å²) in [5, 5.41) is 9.21. The Hall–Kier alpha value is -3.76. The minimum Gasteiger partial charge on any atom is -0.368 e. The van der Waals surface area contributed by atoms with Crippen LogP contribution in [0.5, 0.6) is 0 Å². The van der Waals surface area contributed by atoms with Crippen LogP contribution in [-0.2, 0) is 6.42 Å². The van der Waals surface area contributed by atoms with Crippen LogP contribution in [0.15, 0.2) is 54.7 Å². The standard InChI is InChI=1S/C30H33FN6/c1-2-3-4-5-7-21-9-13-25(14-10-21)37-29(22-11-12-23(19-32)26(31)18-22)35-28-27(15-16-34-30(28)37)36-17-6-8-24(33)20-36/h9-16,18,24H,2-8,17,20,33H2,1H3/t24-/m1/s1. The predicted octanol–water partition coefficient (Wildman–Crippen LogP) is 6.15. The minimum atomic E-state index is -0.559. The second-order valence-corrected chi connectivity index (χ2v) is 9.90. The highest BCUT2D eigenvalue weighted by molar-refractivity contribution is 5.90. The Labute approximate surface area is 217 Å². The molecule has 7 heteroatoms. The third kappa shape index (κ3) is 5.21. The van der Waals surface area contributed by atoms with Gasteiger partial charge < -0.3 is 10.6 Å². The highest BCUT2D eigenvalue weighted by atomic mass is 19.1. The predicted molar refractivity (Wildman–Crippen MR) is 146 cm³/mol. The number of nitrogens with two attached hydrogens (primary N) is 1. The van der Waals surface area contributed by atoms with Gasteiger partial charge in [-0.05, 0) is 67.6 Å². The van der Waals surface area contributed by atoms with Crippen molar-refractivity contribution in [2.45, 2.75) is 57.9 Å². The lowest BCUT2D eigenvalue weighted by Gasteiger charge is -2.32. The number of hydrogen-bond acceptors (Lipinski definition) is 5. The first-order valence-electron chi connectivity index (χ1n) is 13.3. The number of benzene rings is 2. The molecule has 4 aromatic rings. The topological polar surface area (TPSA) is 83.8 Å². The summed E-state index contributed by atoms with van der Waals surface area (Å²) >= 11 is 0. The number of rotatable bonds is 8. The normalized spacial score (nSPS) is 15.7. The van der Waals surface area contributed by atoms with Crippen molar-refractivity contribution in [3.63, 3.8) is 0 Å². The molecule has 1 saturated heterocycles. The van der Waals surface area contributed by atoms with E-state index in [2.05, 4.69) is 36.1 Å². The Morgan fingerprint density at radius 1 is 1.11 bits per heavy atom. The molecule has 190 valence electrons. The molecule has 0 aliphatic carbocycles. The molecule has 0 saturated carbocycles. The van der Waals surface area contributed by atoms with Crippen molar-refractivity contribution in [3.8, 4) is 23.1 Å². The molecule has 2 aromatic carbocycles. The highest BCUT2D eigenvalue weighted by Gasteiger charge is 2.24. The van der Waals surface area contributed by atoms with E-state index in [0.29, 0.717) is 17.0 Å². The molecule has 0 amide bonds. The fraction of sp³-hybridized carbons (Fsp3) is 0.367. The number of piperidine rings is 1. The van der Waals surface area contributed by atoms with Gasteiger partial charge in [-0.15, -0.1) is 0 Å². The lowest BCUT2D eigenvalue weighted by atomic mass is 10.1. The number of unbranched alkanes of at least 4 members (excludes halogenated alkanes) is 3. The fourth-order valence-electron chi connectivity index (χ4n) is 5.19. The molecule has 1 atom stereocenters. The van der Waals surface area contributed by atoms with Gasteiger partial charge in [0.05, 0.1) is 11.3 Å². The maximum absolute atomic E-state index is 14.7. The molecule has 1 aliphatic heterocycles. The Bertz CT molecular complexity index is 1420. The Morgan fingerprint density at radius 3 is 2.68 bits per heavy atom. The molecule has 6 nitrogen and oxygen atoms in total. The molecule has 1 fully saturated rings. The van der Waals surface area contributed by atoms with Crippen LogP contribution < -0.4 is 10.6 Å². The van der Waals surface area contributed by atoms with Crippen molar-refractivity contribution in [1.82, 2.24) is 14.5 Å². The Morgan fingerprint density at radius 2 is 1.95 bits per heavy atom. The van der Waals surface area contributed by atoms with Gasteiger partial charge in [0.15, 0.2) is 5.65 Å². The van der Waals surface area contributed by atoms with Gasteiger partial charge in [0.1, 0.15) is 23.2 Å². The fourth-order valence-corrected chi connectivity index (χ4v) is 5.19. The van der Waals surface area contributed by atoms with Crippen LogP contribution in [0.25, 0.3) is 28.2 Å². The smallest absolute Gasteiger partial charge is 0.167 e. The molecule has 37 heavy (non-hydrogen) atoms. The summed E-state index contributed by atoms with van der Waals surface area (Å²) in [5.41, 5.74) is 11.6. The number of aryl methyl sites for hydroxylation is 1. The van der Waals surface area contributed by atoms with Gasteiger partial charge in [0, 0.05) is 36.6 Å². The monoisotopic (exact) mass is 496 g/mol. The summed E-state index contributed by atoms with van der Waals surface area (Å²) in [4.78, 5) is 12.0. The Balaban J connectivity index is 1.61. The van der Waals surface area contributed by atoms with E-state index in [-0.39, 0.29) is 11.6 Å². The number of fused-ring (bicyclic) bond motifs is 1. The molecule has 2 N–H and O–H groups in total. The number of nitriles is 1. The maximum Gasteiger partial charge on any atom is 0.167 e. The number of halogens is 1. The van der Waals surface area contributed by atoms with Crippen molar-refractivity contribution in [3.05, 3.63) is 71.7 Å².